The zero-order chi connectivity index (χ0) is 10.7. The Labute approximate surface area is 89.8 Å². The molecule has 4 nitrogen and oxygen atoms in total. The van der Waals surface area contributed by atoms with Crippen LogP contribution < -0.4 is 0 Å². The average molecular weight is 211 g/mol. The molecule has 1 fully saturated rings. The fourth-order valence-corrected chi connectivity index (χ4v) is 1.88. The first-order valence-electron chi connectivity index (χ1n) is 5.50. The van der Waals surface area contributed by atoms with E-state index in [0.29, 0.717) is 32.1 Å². The van der Waals surface area contributed by atoms with Crippen LogP contribution in [-0.4, -0.2) is 43.2 Å². The van der Waals surface area contributed by atoms with Crippen molar-refractivity contribution < 1.29 is 14.3 Å². The van der Waals surface area contributed by atoms with Crippen molar-refractivity contribution in [1.29, 1.82) is 0 Å². The molecular formula is C11H17NO3. The van der Waals surface area contributed by atoms with Gasteiger partial charge in [0.15, 0.2) is 5.76 Å². The summed E-state index contributed by atoms with van der Waals surface area (Å²) in [5.41, 5.74) is 0. The Morgan fingerprint density at radius 1 is 1.53 bits per heavy atom. The molecule has 84 valence electrons. The van der Waals surface area contributed by atoms with E-state index in [1.807, 2.05) is 17.9 Å². The van der Waals surface area contributed by atoms with E-state index in [1.54, 1.807) is 0 Å². The molecule has 0 bridgehead atoms. The van der Waals surface area contributed by atoms with E-state index in [4.69, 9.17) is 9.47 Å². The van der Waals surface area contributed by atoms with Gasteiger partial charge in [-0.05, 0) is 25.8 Å². The molecule has 2 heterocycles. The van der Waals surface area contributed by atoms with Crippen LogP contribution >= 0.6 is 0 Å². The predicted molar refractivity (Wildman–Crippen MR) is 55.3 cm³/mol. The van der Waals surface area contributed by atoms with E-state index in [2.05, 4.69) is 0 Å². The zero-order valence-corrected chi connectivity index (χ0v) is 9.07. The molecule has 0 saturated carbocycles. The summed E-state index contributed by atoms with van der Waals surface area (Å²) in [5.74, 6) is 0.542. The van der Waals surface area contributed by atoms with Gasteiger partial charge in [0.1, 0.15) is 0 Å². The fraction of sp³-hybridized carbons (Fsp3) is 0.727. The standard InChI is InChI=1S/C11H17NO3/c1-9-8-14-7-5-12(9)11(13)10-4-2-3-6-15-10/h4,9H,2-3,5-8H2,1H3/t9-/m0/s1. The largest absolute Gasteiger partial charge is 0.488 e. The van der Waals surface area contributed by atoms with E-state index >= 15 is 0 Å². The lowest BCUT2D eigenvalue weighted by atomic mass is 10.2. The van der Waals surface area contributed by atoms with Crippen LogP contribution in [0.5, 0.6) is 0 Å². The number of hydrogen-bond acceptors (Lipinski definition) is 3. The van der Waals surface area contributed by atoms with Gasteiger partial charge in [-0.3, -0.25) is 4.79 Å². The third-order valence-electron chi connectivity index (χ3n) is 2.78. The molecule has 0 spiro atoms. The van der Waals surface area contributed by atoms with Crippen LogP contribution in [0.1, 0.15) is 19.8 Å². The topological polar surface area (TPSA) is 38.8 Å². The number of hydrogen-bond donors (Lipinski definition) is 0. The normalized spacial score (nSPS) is 26.9. The minimum absolute atomic E-state index is 0.0190. The number of nitrogens with zero attached hydrogens (tertiary/aromatic N) is 1. The number of carbonyl (C=O) groups is 1. The smallest absolute Gasteiger partial charge is 0.288 e. The summed E-state index contributed by atoms with van der Waals surface area (Å²) in [6.45, 7) is 4.58. The Balaban J connectivity index is 2.02. The highest BCUT2D eigenvalue weighted by atomic mass is 16.5. The molecule has 0 radical (unpaired) electrons. The maximum atomic E-state index is 12.0. The molecule has 15 heavy (non-hydrogen) atoms. The Hall–Kier alpha value is -1.03. The molecular weight excluding hydrogens is 194 g/mol. The van der Waals surface area contributed by atoms with Crippen molar-refractivity contribution in [2.45, 2.75) is 25.8 Å². The highest BCUT2D eigenvalue weighted by molar-refractivity contribution is 5.91. The van der Waals surface area contributed by atoms with Gasteiger partial charge >= 0.3 is 0 Å². The van der Waals surface area contributed by atoms with Crippen LogP contribution in [0.4, 0.5) is 0 Å². The van der Waals surface area contributed by atoms with Crippen LogP contribution in [0.25, 0.3) is 0 Å². The van der Waals surface area contributed by atoms with Crippen LogP contribution in [0.3, 0.4) is 0 Å². The summed E-state index contributed by atoms with van der Waals surface area (Å²) in [6, 6.07) is 0.151. The first-order chi connectivity index (χ1) is 7.29. The van der Waals surface area contributed by atoms with Crippen molar-refractivity contribution in [3.63, 3.8) is 0 Å². The van der Waals surface area contributed by atoms with Gasteiger partial charge in [0.05, 0.1) is 25.9 Å². The number of ether oxygens (including phenoxy) is 2. The monoisotopic (exact) mass is 211 g/mol. The third-order valence-corrected chi connectivity index (χ3v) is 2.78. The summed E-state index contributed by atoms with van der Waals surface area (Å²) >= 11 is 0. The molecule has 0 unspecified atom stereocenters. The first-order valence-corrected chi connectivity index (χ1v) is 5.50. The van der Waals surface area contributed by atoms with Gasteiger partial charge in [0.25, 0.3) is 5.91 Å². The average Bonchev–Trinajstić information content (AvgIpc) is 2.30. The van der Waals surface area contributed by atoms with Gasteiger partial charge in [-0.25, -0.2) is 0 Å². The van der Waals surface area contributed by atoms with E-state index < -0.39 is 0 Å². The molecule has 1 atom stereocenters. The molecule has 0 aliphatic carbocycles. The highest BCUT2D eigenvalue weighted by Gasteiger charge is 2.27. The van der Waals surface area contributed by atoms with Crippen LogP contribution in [0.2, 0.25) is 0 Å². The first kappa shape index (κ1) is 10.5. The summed E-state index contributed by atoms with van der Waals surface area (Å²) in [6.07, 6.45) is 3.85. The maximum absolute atomic E-state index is 12.0. The second-order valence-corrected chi connectivity index (χ2v) is 3.98. The van der Waals surface area contributed by atoms with E-state index in [1.165, 1.54) is 0 Å². The highest BCUT2D eigenvalue weighted by Crippen LogP contribution is 2.16. The Morgan fingerprint density at radius 2 is 2.40 bits per heavy atom. The van der Waals surface area contributed by atoms with Crippen molar-refractivity contribution in [3.8, 4) is 0 Å². The Kier molecular flexibility index (Phi) is 3.26. The van der Waals surface area contributed by atoms with Crippen LogP contribution in [0, 0.1) is 0 Å². The molecule has 0 N–H and O–H groups in total. The molecule has 0 aromatic rings. The Morgan fingerprint density at radius 3 is 3.07 bits per heavy atom. The van der Waals surface area contributed by atoms with Crippen molar-refractivity contribution >= 4 is 5.91 Å². The summed E-state index contributed by atoms with van der Waals surface area (Å²) in [7, 11) is 0. The number of rotatable bonds is 1. The number of carbonyl (C=O) groups excluding carboxylic acids is 1. The minimum atomic E-state index is 0.0190. The van der Waals surface area contributed by atoms with Crippen molar-refractivity contribution in [1.82, 2.24) is 4.90 Å². The SMILES string of the molecule is C[C@H]1COCCN1C(=O)C1=CCCCO1. The molecule has 0 aromatic carbocycles. The predicted octanol–water partition coefficient (Wildman–Crippen LogP) is 0.928. The lowest BCUT2D eigenvalue weighted by Gasteiger charge is -2.34. The van der Waals surface area contributed by atoms with Gasteiger partial charge < -0.3 is 14.4 Å². The van der Waals surface area contributed by atoms with Crippen LogP contribution in [0.15, 0.2) is 11.8 Å². The van der Waals surface area contributed by atoms with Crippen molar-refractivity contribution in [2.75, 3.05) is 26.4 Å². The molecule has 0 aromatic heterocycles. The van der Waals surface area contributed by atoms with Crippen molar-refractivity contribution in [3.05, 3.63) is 11.8 Å². The lowest BCUT2D eigenvalue weighted by Crippen LogP contribution is -2.48. The van der Waals surface area contributed by atoms with Crippen molar-refractivity contribution in [2.24, 2.45) is 0 Å². The second kappa shape index (κ2) is 4.66. The van der Waals surface area contributed by atoms with Gasteiger partial charge in [-0.1, -0.05) is 0 Å². The van der Waals surface area contributed by atoms with Gasteiger partial charge in [0.2, 0.25) is 0 Å². The molecule has 2 aliphatic rings. The Bertz CT molecular complexity index is 275. The minimum Gasteiger partial charge on any atom is -0.488 e. The second-order valence-electron chi connectivity index (χ2n) is 3.98. The molecule has 2 aliphatic heterocycles. The quantitative estimate of drug-likeness (QED) is 0.647. The summed E-state index contributed by atoms with van der Waals surface area (Å²) in [5, 5.41) is 0. The van der Waals surface area contributed by atoms with Gasteiger partial charge in [-0.15, -0.1) is 0 Å². The van der Waals surface area contributed by atoms with Gasteiger partial charge in [-0.2, -0.15) is 0 Å². The lowest BCUT2D eigenvalue weighted by molar-refractivity contribution is -0.139. The van der Waals surface area contributed by atoms with Gasteiger partial charge in [0, 0.05) is 6.54 Å². The summed E-state index contributed by atoms with van der Waals surface area (Å²) in [4.78, 5) is 13.9. The molecule has 1 amide bonds. The van der Waals surface area contributed by atoms with E-state index in [9.17, 15) is 4.79 Å². The van der Waals surface area contributed by atoms with E-state index in [0.717, 1.165) is 12.8 Å². The maximum Gasteiger partial charge on any atom is 0.288 e. The molecule has 4 heteroatoms. The number of amides is 1. The molecule has 1 saturated heterocycles. The molecule has 2 rings (SSSR count). The zero-order valence-electron chi connectivity index (χ0n) is 9.07. The fourth-order valence-electron chi connectivity index (χ4n) is 1.88. The summed E-state index contributed by atoms with van der Waals surface area (Å²) < 4.78 is 10.7. The number of morpholine rings is 1. The van der Waals surface area contributed by atoms with E-state index in [-0.39, 0.29) is 11.9 Å². The number of allylic oxidation sites excluding steroid dienone is 1. The van der Waals surface area contributed by atoms with Crippen LogP contribution in [-0.2, 0) is 14.3 Å². The third kappa shape index (κ3) is 2.31.